The molecule has 94 valence electrons. The number of nitrogens with two attached hydrogens (primary N) is 1. The highest BCUT2D eigenvalue weighted by atomic mass is 79.9. The van der Waals surface area contributed by atoms with Crippen LogP contribution in [0.15, 0.2) is 22.7 Å². The zero-order valence-corrected chi connectivity index (χ0v) is 11.5. The van der Waals surface area contributed by atoms with Gasteiger partial charge in [0.25, 0.3) is 5.91 Å². The first-order valence-corrected chi connectivity index (χ1v) is 6.24. The molecule has 0 radical (unpaired) electrons. The molecule has 0 aliphatic heterocycles. The summed E-state index contributed by atoms with van der Waals surface area (Å²) in [5, 5.41) is 12.5. The maximum atomic E-state index is 11.9. The van der Waals surface area contributed by atoms with E-state index in [2.05, 4.69) is 21.2 Å². The van der Waals surface area contributed by atoms with Crippen molar-refractivity contribution in [3.05, 3.63) is 28.2 Å². The third-order valence-electron chi connectivity index (χ3n) is 2.58. The summed E-state index contributed by atoms with van der Waals surface area (Å²) < 4.78 is 0.728. The minimum Gasteiger partial charge on any atom is -0.507 e. The third-order valence-corrected chi connectivity index (χ3v) is 3.07. The number of aromatic hydroxyl groups is 1. The first-order valence-electron chi connectivity index (χ1n) is 5.45. The normalized spacial score (nSPS) is 12.5. The van der Waals surface area contributed by atoms with Crippen LogP contribution in [-0.2, 0) is 0 Å². The molecule has 0 saturated carbocycles. The Labute approximate surface area is 109 Å². The maximum Gasteiger partial charge on any atom is 0.255 e. The summed E-state index contributed by atoms with van der Waals surface area (Å²) in [4.78, 5) is 11.9. The number of nitrogens with one attached hydrogen (secondary N) is 1. The van der Waals surface area contributed by atoms with E-state index in [1.165, 1.54) is 6.07 Å². The lowest BCUT2D eigenvalue weighted by molar-refractivity contribution is 0.0925. The topological polar surface area (TPSA) is 75.3 Å². The predicted molar refractivity (Wildman–Crippen MR) is 71.0 cm³/mol. The molecule has 1 rings (SSSR count). The van der Waals surface area contributed by atoms with Crippen molar-refractivity contribution in [2.75, 3.05) is 6.54 Å². The van der Waals surface area contributed by atoms with Crippen LogP contribution in [0.25, 0.3) is 0 Å². The number of amides is 1. The van der Waals surface area contributed by atoms with E-state index in [9.17, 15) is 9.90 Å². The summed E-state index contributed by atoms with van der Waals surface area (Å²) in [7, 11) is 0. The van der Waals surface area contributed by atoms with Crippen LogP contribution in [0.2, 0.25) is 0 Å². The second kappa shape index (κ2) is 6.02. The second-order valence-corrected chi connectivity index (χ2v) is 5.14. The van der Waals surface area contributed by atoms with Gasteiger partial charge >= 0.3 is 0 Å². The quantitative estimate of drug-likeness (QED) is 0.794. The minimum atomic E-state index is -0.306. The number of rotatable bonds is 4. The molecule has 5 heteroatoms. The van der Waals surface area contributed by atoms with Gasteiger partial charge in [-0.3, -0.25) is 4.79 Å². The molecule has 0 bridgehead atoms. The fourth-order valence-electron chi connectivity index (χ4n) is 1.44. The van der Waals surface area contributed by atoms with E-state index >= 15 is 0 Å². The summed E-state index contributed by atoms with van der Waals surface area (Å²) >= 11 is 3.22. The number of phenols is 1. The molecular weight excluding hydrogens is 284 g/mol. The van der Waals surface area contributed by atoms with Crippen LogP contribution in [0.5, 0.6) is 5.75 Å². The van der Waals surface area contributed by atoms with Gasteiger partial charge in [0.15, 0.2) is 0 Å². The van der Waals surface area contributed by atoms with E-state index in [0.717, 1.165) is 4.47 Å². The lowest BCUT2D eigenvalue weighted by Gasteiger charge is -2.20. The van der Waals surface area contributed by atoms with Crippen molar-refractivity contribution in [3.8, 4) is 5.75 Å². The van der Waals surface area contributed by atoms with Crippen molar-refractivity contribution >= 4 is 21.8 Å². The number of hydrogen-bond donors (Lipinski definition) is 3. The van der Waals surface area contributed by atoms with Crippen LogP contribution in [0, 0.1) is 5.92 Å². The first-order chi connectivity index (χ1) is 7.95. The fourth-order valence-corrected chi connectivity index (χ4v) is 1.79. The average molecular weight is 301 g/mol. The molecule has 0 aliphatic rings. The minimum absolute atomic E-state index is 0.0450. The summed E-state index contributed by atoms with van der Waals surface area (Å²) in [6, 6.07) is 4.68. The number of phenolic OH excluding ortho intramolecular Hbond substituents is 1. The molecule has 1 unspecified atom stereocenters. The van der Waals surface area contributed by atoms with Gasteiger partial charge in [0.2, 0.25) is 0 Å². The molecular formula is C12H17BrN2O2. The van der Waals surface area contributed by atoms with Gasteiger partial charge in [-0.05, 0) is 24.1 Å². The van der Waals surface area contributed by atoms with Gasteiger partial charge in [-0.15, -0.1) is 0 Å². The average Bonchev–Trinajstić information content (AvgIpc) is 2.24. The number of hydrogen-bond acceptors (Lipinski definition) is 3. The van der Waals surface area contributed by atoms with Crippen molar-refractivity contribution in [2.24, 2.45) is 11.7 Å². The molecule has 0 aliphatic carbocycles. The predicted octanol–water partition coefficient (Wildman–Crippen LogP) is 1.87. The molecule has 1 atom stereocenters. The SMILES string of the molecule is CC(C)C(CN)NC(=O)c1ccc(Br)cc1O. The summed E-state index contributed by atoms with van der Waals surface area (Å²) in [6.07, 6.45) is 0. The van der Waals surface area contributed by atoms with Gasteiger partial charge in [0, 0.05) is 17.1 Å². The van der Waals surface area contributed by atoms with E-state index in [4.69, 9.17) is 5.73 Å². The van der Waals surface area contributed by atoms with E-state index in [1.807, 2.05) is 13.8 Å². The number of benzene rings is 1. The zero-order chi connectivity index (χ0) is 13.0. The van der Waals surface area contributed by atoms with E-state index < -0.39 is 0 Å². The molecule has 17 heavy (non-hydrogen) atoms. The lowest BCUT2D eigenvalue weighted by atomic mass is 10.0. The van der Waals surface area contributed by atoms with Crippen LogP contribution < -0.4 is 11.1 Å². The smallest absolute Gasteiger partial charge is 0.255 e. The van der Waals surface area contributed by atoms with Gasteiger partial charge < -0.3 is 16.2 Å². The van der Waals surface area contributed by atoms with E-state index in [-0.39, 0.29) is 29.2 Å². The van der Waals surface area contributed by atoms with Crippen molar-refractivity contribution in [1.29, 1.82) is 0 Å². The molecule has 1 aromatic rings. The Hall–Kier alpha value is -1.07. The standard InChI is InChI=1S/C12H17BrN2O2/c1-7(2)10(6-14)15-12(17)9-4-3-8(13)5-11(9)16/h3-5,7,10,16H,6,14H2,1-2H3,(H,15,17). The monoisotopic (exact) mass is 300 g/mol. The van der Waals surface area contributed by atoms with E-state index in [1.54, 1.807) is 12.1 Å². The van der Waals surface area contributed by atoms with Gasteiger partial charge in [0.1, 0.15) is 5.75 Å². The van der Waals surface area contributed by atoms with Crippen molar-refractivity contribution in [1.82, 2.24) is 5.32 Å². The van der Waals surface area contributed by atoms with E-state index in [0.29, 0.717) is 6.54 Å². The Morgan fingerprint density at radius 3 is 2.65 bits per heavy atom. The van der Waals surface area contributed by atoms with Crippen molar-refractivity contribution in [2.45, 2.75) is 19.9 Å². The van der Waals surface area contributed by atoms with Gasteiger partial charge in [-0.2, -0.15) is 0 Å². The molecule has 0 fully saturated rings. The number of carbonyl (C=O) groups excluding carboxylic acids is 1. The second-order valence-electron chi connectivity index (χ2n) is 4.22. The molecule has 0 spiro atoms. The van der Waals surface area contributed by atoms with Crippen LogP contribution >= 0.6 is 15.9 Å². The van der Waals surface area contributed by atoms with Gasteiger partial charge in [-0.25, -0.2) is 0 Å². The molecule has 0 aromatic heterocycles. The van der Waals surface area contributed by atoms with Crippen molar-refractivity contribution in [3.63, 3.8) is 0 Å². The first kappa shape index (κ1) is 14.0. The Bertz CT molecular complexity index is 407. The highest BCUT2D eigenvalue weighted by Crippen LogP contribution is 2.22. The summed E-state index contributed by atoms with van der Waals surface area (Å²) in [6.45, 7) is 4.35. The molecule has 1 amide bonds. The Kier molecular flexibility index (Phi) is 4.96. The lowest BCUT2D eigenvalue weighted by Crippen LogP contribution is -2.43. The van der Waals surface area contributed by atoms with Crippen molar-refractivity contribution < 1.29 is 9.90 Å². The zero-order valence-electron chi connectivity index (χ0n) is 9.90. The largest absolute Gasteiger partial charge is 0.507 e. The maximum absolute atomic E-state index is 11.9. The number of carbonyl (C=O) groups is 1. The summed E-state index contributed by atoms with van der Waals surface area (Å²) in [5.74, 6) is -0.0999. The third kappa shape index (κ3) is 3.71. The Morgan fingerprint density at radius 2 is 2.18 bits per heavy atom. The van der Waals surface area contributed by atoms with Crippen LogP contribution in [-0.4, -0.2) is 23.6 Å². The Morgan fingerprint density at radius 1 is 1.53 bits per heavy atom. The molecule has 1 aromatic carbocycles. The fraction of sp³-hybridized carbons (Fsp3) is 0.417. The molecule has 4 N–H and O–H groups in total. The molecule has 0 heterocycles. The Balaban J connectivity index is 2.82. The van der Waals surface area contributed by atoms with Crippen LogP contribution in [0.1, 0.15) is 24.2 Å². The molecule has 0 saturated heterocycles. The van der Waals surface area contributed by atoms with Crippen LogP contribution in [0.4, 0.5) is 0 Å². The number of halogens is 1. The van der Waals surface area contributed by atoms with Crippen LogP contribution in [0.3, 0.4) is 0 Å². The summed E-state index contributed by atoms with van der Waals surface area (Å²) in [5.41, 5.74) is 5.83. The highest BCUT2D eigenvalue weighted by Gasteiger charge is 2.17. The van der Waals surface area contributed by atoms with Gasteiger partial charge in [-0.1, -0.05) is 29.8 Å². The molecule has 4 nitrogen and oxygen atoms in total. The highest BCUT2D eigenvalue weighted by molar-refractivity contribution is 9.10. The van der Waals surface area contributed by atoms with Gasteiger partial charge in [0.05, 0.1) is 5.56 Å².